The van der Waals surface area contributed by atoms with Crippen molar-refractivity contribution in [2.45, 2.75) is 38.5 Å². The lowest BCUT2D eigenvalue weighted by molar-refractivity contribution is -0.186. The second-order valence-electron chi connectivity index (χ2n) is 4.59. The Kier molecular flexibility index (Phi) is 6.31. The lowest BCUT2D eigenvalue weighted by atomic mass is 10.1. The molecule has 0 aliphatic heterocycles. The summed E-state index contributed by atoms with van der Waals surface area (Å²) in [5, 5.41) is 0. The van der Waals surface area contributed by atoms with Crippen LogP contribution >= 0.6 is 0 Å². The fourth-order valence-corrected chi connectivity index (χ4v) is 2.16. The zero-order valence-corrected chi connectivity index (χ0v) is 11.2. The zero-order chi connectivity index (χ0) is 14.3. The highest BCUT2D eigenvalue weighted by atomic mass is 19.4. The molecule has 108 valence electrons. The molecule has 0 saturated carbocycles. The summed E-state index contributed by atoms with van der Waals surface area (Å²) in [6, 6.07) is 7.76. The summed E-state index contributed by atoms with van der Waals surface area (Å²) in [5.74, 6) is 0. The number of alkyl halides is 3. The number of benzene rings is 1. The van der Waals surface area contributed by atoms with Crippen LogP contribution in [0, 0.1) is 0 Å². The Balaban J connectivity index is 2.84. The quantitative estimate of drug-likeness (QED) is 0.827. The van der Waals surface area contributed by atoms with Gasteiger partial charge in [-0.15, -0.1) is 0 Å². The predicted molar refractivity (Wildman–Crippen MR) is 70.7 cm³/mol. The maximum Gasteiger partial charge on any atom is 0.404 e. The van der Waals surface area contributed by atoms with Gasteiger partial charge in [-0.05, 0) is 31.5 Å². The third kappa shape index (κ3) is 5.20. The first-order valence-electron chi connectivity index (χ1n) is 6.53. The highest BCUT2D eigenvalue weighted by Gasteiger charge is 2.42. The van der Waals surface area contributed by atoms with Gasteiger partial charge in [0.25, 0.3) is 0 Å². The molecule has 0 spiro atoms. The lowest BCUT2D eigenvalue weighted by Crippen LogP contribution is -2.46. The van der Waals surface area contributed by atoms with Gasteiger partial charge >= 0.3 is 6.18 Å². The average molecular weight is 274 g/mol. The Bertz CT molecular complexity index is 351. The van der Waals surface area contributed by atoms with Gasteiger partial charge in [-0.1, -0.05) is 37.3 Å². The smallest absolute Gasteiger partial charge is 0.330 e. The molecule has 0 saturated heterocycles. The number of rotatable bonds is 7. The van der Waals surface area contributed by atoms with Crippen molar-refractivity contribution in [3.63, 3.8) is 0 Å². The van der Waals surface area contributed by atoms with Gasteiger partial charge in [0.2, 0.25) is 0 Å². The molecule has 2 nitrogen and oxygen atoms in total. The highest BCUT2D eigenvalue weighted by molar-refractivity contribution is 5.14. The van der Waals surface area contributed by atoms with Gasteiger partial charge in [0.05, 0.1) is 0 Å². The van der Waals surface area contributed by atoms with Crippen LogP contribution < -0.4 is 5.73 Å². The SMILES string of the molecule is CCCN(Cc1ccccc1)C(CCN)C(F)(F)F. The summed E-state index contributed by atoms with van der Waals surface area (Å²) < 4.78 is 39.3. The molecule has 1 unspecified atom stereocenters. The van der Waals surface area contributed by atoms with Crippen LogP contribution in [0.4, 0.5) is 13.2 Å². The van der Waals surface area contributed by atoms with Gasteiger partial charge in [-0.25, -0.2) is 0 Å². The standard InChI is InChI=1S/C14H21F3N2/c1-2-10-19(11-12-6-4-3-5-7-12)13(8-9-18)14(15,16)17/h3-7,13H,2,8-11,18H2,1H3. The van der Waals surface area contributed by atoms with Crippen LogP contribution in [0.25, 0.3) is 0 Å². The van der Waals surface area contributed by atoms with Crippen LogP contribution in [0.5, 0.6) is 0 Å². The van der Waals surface area contributed by atoms with Gasteiger partial charge in [0.1, 0.15) is 6.04 Å². The predicted octanol–water partition coefficient (Wildman–Crippen LogP) is 3.18. The normalized spacial score (nSPS) is 13.8. The summed E-state index contributed by atoms with van der Waals surface area (Å²) >= 11 is 0. The molecule has 0 heterocycles. The highest BCUT2D eigenvalue weighted by Crippen LogP contribution is 2.28. The van der Waals surface area contributed by atoms with Crippen LogP contribution in [0.15, 0.2) is 30.3 Å². The van der Waals surface area contributed by atoms with Crippen molar-refractivity contribution in [2.24, 2.45) is 5.73 Å². The second kappa shape index (κ2) is 7.50. The number of nitrogens with zero attached hydrogens (tertiary/aromatic N) is 1. The van der Waals surface area contributed by atoms with E-state index < -0.39 is 12.2 Å². The van der Waals surface area contributed by atoms with Crippen molar-refractivity contribution < 1.29 is 13.2 Å². The minimum Gasteiger partial charge on any atom is -0.330 e. The first-order chi connectivity index (χ1) is 8.99. The third-order valence-corrected chi connectivity index (χ3v) is 3.00. The largest absolute Gasteiger partial charge is 0.404 e. The minimum atomic E-state index is -4.23. The Hall–Kier alpha value is -1.07. The molecule has 19 heavy (non-hydrogen) atoms. The summed E-state index contributed by atoms with van der Waals surface area (Å²) in [6.45, 7) is 2.64. The first-order valence-corrected chi connectivity index (χ1v) is 6.53. The van der Waals surface area contributed by atoms with Gasteiger partial charge in [0.15, 0.2) is 0 Å². The van der Waals surface area contributed by atoms with Gasteiger partial charge in [-0.3, -0.25) is 4.90 Å². The van der Waals surface area contributed by atoms with Crippen LogP contribution in [0.1, 0.15) is 25.3 Å². The van der Waals surface area contributed by atoms with E-state index in [1.165, 1.54) is 4.90 Å². The lowest BCUT2D eigenvalue weighted by Gasteiger charge is -2.32. The van der Waals surface area contributed by atoms with Crippen molar-refractivity contribution in [3.05, 3.63) is 35.9 Å². The fourth-order valence-electron chi connectivity index (χ4n) is 2.16. The second-order valence-corrected chi connectivity index (χ2v) is 4.59. The monoisotopic (exact) mass is 274 g/mol. The van der Waals surface area contributed by atoms with Gasteiger partial charge < -0.3 is 5.73 Å². The molecule has 0 aliphatic rings. The Morgan fingerprint density at radius 2 is 1.84 bits per heavy atom. The van der Waals surface area contributed by atoms with E-state index in [-0.39, 0.29) is 13.0 Å². The minimum absolute atomic E-state index is 0.0409. The molecule has 0 radical (unpaired) electrons. The van der Waals surface area contributed by atoms with Gasteiger partial charge in [-0.2, -0.15) is 13.2 Å². The van der Waals surface area contributed by atoms with Crippen LogP contribution in [-0.4, -0.2) is 30.2 Å². The summed E-state index contributed by atoms with van der Waals surface area (Å²) in [6.07, 6.45) is -3.61. The molecular formula is C14H21F3N2. The fraction of sp³-hybridized carbons (Fsp3) is 0.571. The molecule has 0 bridgehead atoms. The summed E-state index contributed by atoms with van der Waals surface area (Å²) in [5.41, 5.74) is 6.22. The molecule has 0 aromatic heterocycles. The van der Waals surface area contributed by atoms with E-state index in [0.717, 1.165) is 5.56 Å². The molecular weight excluding hydrogens is 253 g/mol. The molecule has 1 aromatic rings. The maximum atomic E-state index is 13.1. The van der Waals surface area contributed by atoms with E-state index >= 15 is 0 Å². The molecule has 2 N–H and O–H groups in total. The Morgan fingerprint density at radius 3 is 2.32 bits per heavy atom. The topological polar surface area (TPSA) is 29.3 Å². The third-order valence-electron chi connectivity index (χ3n) is 3.00. The number of hydrogen-bond acceptors (Lipinski definition) is 2. The molecule has 1 atom stereocenters. The van der Waals surface area contributed by atoms with E-state index in [0.29, 0.717) is 19.5 Å². The van der Waals surface area contributed by atoms with Crippen LogP contribution in [0.2, 0.25) is 0 Å². The first kappa shape index (κ1) is 16.0. The maximum absolute atomic E-state index is 13.1. The molecule has 5 heteroatoms. The number of halogens is 3. The van der Waals surface area contributed by atoms with E-state index in [1.807, 2.05) is 37.3 Å². The molecule has 1 rings (SSSR count). The van der Waals surface area contributed by atoms with E-state index in [4.69, 9.17) is 5.73 Å². The number of nitrogens with two attached hydrogens (primary N) is 1. The van der Waals surface area contributed by atoms with Crippen molar-refractivity contribution in [2.75, 3.05) is 13.1 Å². The van der Waals surface area contributed by atoms with Crippen molar-refractivity contribution in [3.8, 4) is 0 Å². The van der Waals surface area contributed by atoms with Crippen molar-refractivity contribution >= 4 is 0 Å². The molecule has 1 aromatic carbocycles. The molecule has 0 fully saturated rings. The number of hydrogen-bond donors (Lipinski definition) is 1. The summed E-state index contributed by atoms with van der Waals surface area (Å²) in [7, 11) is 0. The van der Waals surface area contributed by atoms with Crippen molar-refractivity contribution in [1.82, 2.24) is 4.90 Å². The average Bonchev–Trinajstić information content (AvgIpc) is 2.35. The zero-order valence-electron chi connectivity index (χ0n) is 11.2. The van der Waals surface area contributed by atoms with E-state index in [9.17, 15) is 13.2 Å². The van der Waals surface area contributed by atoms with Crippen LogP contribution in [0.3, 0.4) is 0 Å². The molecule has 0 aliphatic carbocycles. The van der Waals surface area contributed by atoms with E-state index in [2.05, 4.69) is 0 Å². The molecule has 0 amide bonds. The van der Waals surface area contributed by atoms with E-state index in [1.54, 1.807) is 0 Å². The Labute approximate surface area is 112 Å². The Morgan fingerprint density at radius 1 is 1.21 bits per heavy atom. The van der Waals surface area contributed by atoms with Crippen LogP contribution in [-0.2, 0) is 6.54 Å². The van der Waals surface area contributed by atoms with Crippen molar-refractivity contribution in [1.29, 1.82) is 0 Å². The summed E-state index contributed by atoms with van der Waals surface area (Å²) in [4.78, 5) is 1.47. The van der Waals surface area contributed by atoms with Gasteiger partial charge in [0, 0.05) is 6.54 Å².